The van der Waals surface area contributed by atoms with Crippen molar-refractivity contribution in [2.75, 3.05) is 26.3 Å². The molecule has 2 aromatic carbocycles. The fraction of sp³-hybridized carbons (Fsp3) is 0.316. The smallest absolute Gasteiger partial charge is 0.176 e. The van der Waals surface area contributed by atoms with Crippen LogP contribution in [0.15, 0.2) is 54.6 Å². The molecule has 2 rings (SSSR count). The van der Waals surface area contributed by atoms with Crippen LogP contribution >= 0.6 is 0 Å². The van der Waals surface area contributed by atoms with Gasteiger partial charge in [-0.3, -0.25) is 4.79 Å². The molecule has 2 aromatic rings. The Morgan fingerprint density at radius 3 is 2.36 bits per heavy atom. The molecule has 0 radical (unpaired) electrons. The molecule has 3 nitrogen and oxygen atoms in total. The number of hydrogen-bond acceptors (Lipinski definition) is 3. The maximum atomic E-state index is 12.1. The lowest BCUT2D eigenvalue weighted by atomic mass is 10.0. The molecule has 0 atom stereocenters. The van der Waals surface area contributed by atoms with Crippen molar-refractivity contribution in [3.8, 4) is 11.1 Å². The monoisotopic (exact) mass is 297 g/mol. The van der Waals surface area contributed by atoms with E-state index in [-0.39, 0.29) is 5.78 Å². The molecule has 22 heavy (non-hydrogen) atoms. The summed E-state index contributed by atoms with van der Waals surface area (Å²) in [5.74, 6) is 0.121. The van der Waals surface area contributed by atoms with Crippen molar-refractivity contribution in [3.05, 3.63) is 60.2 Å². The van der Waals surface area contributed by atoms with Gasteiger partial charge < -0.3 is 10.1 Å². The van der Waals surface area contributed by atoms with Gasteiger partial charge in [0.15, 0.2) is 5.78 Å². The number of nitrogens with one attached hydrogen (secondary N) is 1. The second-order valence-electron chi connectivity index (χ2n) is 5.09. The van der Waals surface area contributed by atoms with Gasteiger partial charge in [-0.25, -0.2) is 0 Å². The Morgan fingerprint density at radius 1 is 1.00 bits per heavy atom. The molecule has 116 valence electrons. The van der Waals surface area contributed by atoms with Gasteiger partial charge in [0.2, 0.25) is 0 Å². The Labute approximate surface area is 132 Å². The molecular weight excluding hydrogens is 274 g/mol. The van der Waals surface area contributed by atoms with Gasteiger partial charge in [0, 0.05) is 18.8 Å². The number of Topliss-reactive ketones (excluding diaryl/α,β-unsaturated/α-hetero) is 1. The Hall–Kier alpha value is -1.97. The summed E-state index contributed by atoms with van der Waals surface area (Å²) in [6.07, 6.45) is 0.925. The van der Waals surface area contributed by atoms with Crippen LogP contribution in [-0.2, 0) is 4.74 Å². The largest absolute Gasteiger partial charge is 0.382 e. The van der Waals surface area contributed by atoms with Crippen LogP contribution in [0.1, 0.15) is 23.7 Å². The molecule has 0 fully saturated rings. The standard InChI is InChI=1S/C19H23NO2/c1-2-22-14-6-13-20-15-19(21)18-11-9-17(10-12-18)16-7-4-3-5-8-16/h3-5,7-12,20H,2,6,13-15H2,1H3. The maximum absolute atomic E-state index is 12.1. The fourth-order valence-electron chi connectivity index (χ4n) is 2.23. The van der Waals surface area contributed by atoms with E-state index >= 15 is 0 Å². The van der Waals surface area contributed by atoms with Gasteiger partial charge in [-0.1, -0.05) is 54.6 Å². The topological polar surface area (TPSA) is 38.3 Å². The fourth-order valence-corrected chi connectivity index (χ4v) is 2.23. The van der Waals surface area contributed by atoms with Crippen molar-refractivity contribution >= 4 is 5.78 Å². The van der Waals surface area contributed by atoms with Crippen molar-refractivity contribution in [3.63, 3.8) is 0 Å². The number of rotatable bonds is 9. The molecule has 0 spiro atoms. The zero-order valence-electron chi connectivity index (χ0n) is 13.0. The Bertz CT molecular complexity index is 564. The van der Waals surface area contributed by atoms with E-state index in [4.69, 9.17) is 4.74 Å². The van der Waals surface area contributed by atoms with E-state index in [1.807, 2.05) is 49.4 Å². The highest BCUT2D eigenvalue weighted by Crippen LogP contribution is 2.19. The summed E-state index contributed by atoms with van der Waals surface area (Å²) in [5.41, 5.74) is 3.04. The van der Waals surface area contributed by atoms with E-state index in [0.29, 0.717) is 6.54 Å². The van der Waals surface area contributed by atoms with Crippen LogP contribution in [0, 0.1) is 0 Å². The van der Waals surface area contributed by atoms with Gasteiger partial charge in [0.1, 0.15) is 0 Å². The predicted octanol–water partition coefficient (Wildman–Crippen LogP) is 3.55. The second kappa shape index (κ2) is 9.13. The number of benzene rings is 2. The highest BCUT2D eigenvalue weighted by molar-refractivity contribution is 5.98. The lowest BCUT2D eigenvalue weighted by Crippen LogP contribution is -2.24. The third-order valence-corrected chi connectivity index (χ3v) is 3.45. The summed E-state index contributed by atoms with van der Waals surface area (Å²) in [4.78, 5) is 12.1. The van der Waals surface area contributed by atoms with E-state index in [0.717, 1.165) is 42.9 Å². The lowest BCUT2D eigenvalue weighted by molar-refractivity contribution is 0.0988. The number of carbonyl (C=O) groups is 1. The highest BCUT2D eigenvalue weighted by atomic mass is 16.5. The van der Waals surface area contributed by atoms with Crippen LogP contribution in [0.4, 0.5) is 0 Å². The first-order valence-electron chi connectivity index (χ1n) is 7.78. The third-order valence-electron chi connectivity index (χ3n) is 3.45. The van der Waals surface area contributed by atoms with Crippen molar-refractivity contribution < 1.29 is 9.53 Å². The van der Waals surface area contributed by atoms with E-state index in [1.165, 1.54) is 0 Å². The average molecular weight is 297 g/mol. The van der Waals surface area contributed by atoms with Crippen LogP contribution in [0.5, 0.6) is 0 Å². The molecule has 0 aliphatic rings. The Morgan fingerprint density at radius 2 is 1.68 bits per heavy atom. The van der Waals surface area contributed by atoms with Gasteiger partial charge in [0.25, 0.3) is 0 Å². The van der Waals surface area contributed by atoms with Crippen LogP contribution in [0.3, 0.4) is 0 Å². The van der Waals surface area contributed by atoms with Crippen LogP contribution in [-0.4, -0.2) is 32.1 Å². The van der Waals surface area contributed by atoms with E-state index in [1.54, 1.807) is 0 Å². The Balaban J connectivity index is 1.81. The number of ketones is 1. The molecule has 0 amide bonds. The lowest BCUT2D eigenvalue weighted by Gasteiger charge is -2.06. The average Bonchev–Trinajstić information content (AvgIpc) is 2.59. The van der Waals surface area contributed by atoms with Crippen molar-refractivity contribution in [2.24, 2.45) is 0 Å². The summed E-state index contributed by atoms with van der Waals surface area (Å²) in [7, 11) is 0. The zero-order valence-corrected chi connectivity index (χ0v) is 13.0. The van der Waals surface area contributed by atoms with Crippen LogP contribution < -0.4 is 5.32 Å². The predicted molar refractivity (Wildman–Crippen MR) is 90.2 cm³/mol. The molecular formula is C19H23NO2. The van der Waals surface area contributed by atoms with Crippen LogP contribution in [0.25, 0.3) is 11.1 Å². The van der Waals surface area contributed by atoms with E-state index < -0.39 is 0 Å². The first-order valence-corrected chi connectivity index (χ1v) is 7.78. The quantitative estimate of drug-likeness (QED) is 0.568. The van der Waals surface area contributed by atoms with E-state index in [9.17, 15) is 4.79 Å². The summed E-state index contributed by atoms with van der Waals surface area (Å²) >= 11 is 0. The third kappa shape index (κ3) is 5.10. The molecule has 1 N–H and O–H groups in total. The minimum Gasteiger partial charge on any atom is -0.382 e. The van der Waals surface area contributed by atoms with Gasteiger partial charge in [0.05, 0.1) is 6.54 Å². The number of ether oxygens (including phenoxy) is 1. The van der Waals surface area contributed by atoms with Gasteiger partial charge in [-0.15, -0.1) is 0 Å². The van der Waals surface area contributed by atoms with Gasteiger partial charge in [-0.2, -0.15) is 0 Å². The number of hydrogen-bond donors (Lipinski definition) is 1. The minimum atomic E-state index is 0.121. The first-order chi connectivity index (χ1) is 10.8. The molecule has 0 bridgehead atoms. The molecule has 3 heteroatoms. The maximum Gasteiger partial charge on any atom is 0.176 e. The van der Waals surface area contributed by atoms with Crippen LogP contribution in [0.2, 0.25) is 0 Å². The summed E-state index contributed by atoms with van der Waals surface area (Å²) in [6, 6.07) is 17.9. The molecule has 0 unspecified atom stereocenters. The first kappa shape index (κ1) is 16.4. The summed E-state index contributed by atoms with van der Waals surface area (Å²) in [6.45, 7) is 4.64. The molecule has 0 aromatic heterocycles. The van der Waals surface area contributed by atoms with Crippen molar-refractivity contribution in [1.82, 2.24) is 5.32 Å². The van der Waals surface area contributed by atoms with E-state index in [2.05, 4.69) is 17.4 Å². The Kier molecular flexibility index (Phi) is 6.81. The van der Waals surface area contributed by atoms with Crippen molar-refractivity contribution in [1.29, 1.82) is 0 Å². The molecule has 0 heterocycles. The van der Waals surface area contributed by atoms with Gasteiger partial charge in [-0.05, 0) is 31.0 Å². The summed E-state index contributed by atoms with van der Waals surface area (Å²) < 4.78 is 5.26. The second-order valence-corrected chi connectivity index (χ2v) is 5.09. The van der Waals surface area contributed by atoms with Crippen molar-refractivity contribution in [2.45, 2.75) is 13.3 Å². The molecule has 0 aliphatic carbocycles. The SMILES string of the molecule is CCOCCCNCC(=O)c1ccc(-c2ccccc2)cc1. The highest BCUT2D eigenvalue weighted by Gasteiger charge is 2.05. The van der Waals surface area contributed by atoms with Gasteiger partial charge >= 0.3 is 0 Å². The normalized spacial score (nSPS) is 10.6. The summed E-state index contributed by atoms with van der Waals surface area (Å²) in [5, 5.41) is 3.16. The number of carbonyl (C=O) groups excluding carboxylic acids is 1. The minimum absolute atomic E-state index is 0.121. The molecule has 0 aliphatic heterocycles. The molecule has 0 saturated carbocycles. The zero-order chi connectivity index (χ0) is 15.6. The molecule has 0 saturated heterocycles.